The number of halogens is 2. The van der Waals surface area contributed by atoms with Crippen LogP contribution in [0.25, 0.3) is 0 Å². The summed E-state index contributed by atoms with van der Waals surface area (Å²) in [7, 11) is 0. The lowest BCUT2D eigenvalue weighted by atomic mass is 10.0. The van der Waals surface area contributed by atoms with Gasteiger partial charge in [0.2, 0.25) is 5.91 Å². The topological polar surface area (TPSA) is 61.4 Å². The van der Waals surface area contributed by atoms with Crippen molar-refractivity contribution in [3.63, 3.8) is 0 Å². The first kappa shape index (κ1) is 13.7. The number of phenols is 1. The van der Waals surface area contributed by atoms with E-state index >= 15 is 0 Å². The third kappa shape index (κ3) is 2.78. The minimum absolute atomic E-state index is 0.0344. The van der Waals surface area contributed by atoms with Gasteiger partial charge in [-0.05, 0) is 23.8 Å². The van der Waals surface area contributed by atoms with Gasteiger partial charge in [0.1, 0.15) is 17.6 Å². The van der Waals surface area contributed by atoms with E-state index in [-0.39, 0.29) is 16.7 Å². The first-order chi connectivity index (χ1) is 10.0. The smallest absolute Gasteiger partial charge is 0.247 e. The molecule has 108 valence electrons. The Bertz CT molecular complexity index is 704. The second kappa shape index (κ2) is 5.26. The number of phenolic OH excluding ortho intramolecular Hbond substituents is 1. The molecular weight excluding hydrogens is 295 g/mol. The van der Waals surface area contributed by atoms with E-state index in [1.165, 1.54) is 12.1 Å². The van der Waals surface area contributed by atoms with Gasteiger partial charge in [-0.15, -0.1) is 0 Å². The van der Waals surface area contributed by atoms with E-state index < -0.39 is 11.9 Å². The van der Waals surface area contributed by atoms with Gasteiger partial charge in [0.25, 0.3) is 0 Å². The maximum absolute atomic E-state index is 13.5. The van der Waals surface area contributed by atoms with Gasteiger partial charge in [0.15, 0.2) is 0 Å². The Morgan fingerprint density at radius 2 is 1.90 bits per heavy atom. The second-order valence-electron chi connectivity index (χ2n) is 4.87. The number of carbonyl (C=O) groups is 1. The fourth-order valence-electron chi connectivity index (χ4n) is 2.25. The second-order valence-corrected chi connectivity index (χ2v) is 5.28. The van der Waals surface area contributed by atoms with E-state index in [2.05, 4.69) is 10.6 Å². The first-order valence-electron chi connectivity index (χ1n) is 6.37. The van der Waals surface area contributed by atoms with Crippen LogP contribution in [-0.2, 0) is 11.2 Å². The van der Waals surface area contributed by atoms with Gasteiger partial charge < -0.3 is 15.7 Å². The molecule has 1 atom stereocenters. The van der Waals surface area contributed by atoms with Crippen molar-refractivity contribution in [2.45, 2.75) is 12.5 Å². The van der Waals surface area contributed by atoms with E-state index in [0.717, 1.165) is 5.56 Å². The maximum atomic E-state index is 13.5. The average Bonchev–Trinajstić information content (AvgIpc) is 2.44. The summed E-state index contributed by atoms with van der Waals surface area (Å²) in [5.41, 5.74) is 1.85. The van der Waals surface area contributed by atoms with Gasteiger partial charge in [-0.25, -0.2) is 4.39 Å². The highest BCUT2D eigenvalue weighted by atomic mass is 35.5. The summed E-state index contributed by atoms with van der Waals surface area (Å²) in [5, 5.41) is 14.9. The van der Waals surface area contributed by atoms with Crippen molar-refractivity contribution in [3.8, 4) is 5.75 Å². The van der Waals surface area contributed by atoms with Crippen molar-refractivity contribution in [3.05, 3.63) is 52.8 Å². The van der Waals surface area contributed by atoms with Crippen LogP contribution in [-0.4, -0.2) is 17.1 Å². The highest BCUT2D eigenvalue weighted by Gasteiger charge is 2.26. The summed E-state index contributed by atoms with van der Waals surface area (Å²) in [5.74, 6) is -0.581. The molecule has 0 aromatic heterocycles. The predicted octanol–water partition coefficient (Wildman–Crippen LogP) is 3.16. The third-order valence-corrected chi connectivity index (χ3v) is 3.63. The third-order valence-electron chi connectivity index (χ3n) is 3.34. The lowest BCUT2D eigenvalue weighted by Crippen LogP contribution is -2.40. The molecule has 0 radical (unpaired) electrons. The van der Waals surface area contributed by atoms with Crippen LogP contribution < -0.4 is 10.6 Å². The van der Waals surface area contributed by atoms with Crippen LogP contribution in [0.15, 0.2) is 36.4 Å². The highest BCUT2D eigenvalue weighted by Crippen LogP contribution is 2.32. The number of hydrogen-bond donors (Lipinski definition) is 3. The molecular formula is C15H12ClFN2O2. The van der Waals surface area contributed by atoms with Crippen LogP contribution in [0.1, 0.15) is 5.56 Å². The molecule has 0 spiro atoms. The molecule has 2 aromatic carbocycles. The van der Waals surface area contributed by atoms with Crippen molar-refractivity contribution in [1.82, 2.24) is 0 Å². The zero-order chi connectivity index (χ0) is 15.0. The fourth-order valence-corrected chi connectivity index (χ4v) is 2.42. The number of nitrogens with one attached hydrogen (secondary N) is 2. The number of aromatic hydroxyl groups is 1. The monoisotopic (exact) mass is 306 g/mol. The SMILES string of the molecule is O=C1Nc2cc(Cl)c(F)cc2NC1Cc1ccc(O)cc1. The van der Waals surface area contributed by atoms with Crippen molar-refractivity contribution >= 4 is 28.9 Å². The Morgan fingerprint density at radius 1 is 1.19 bits per heavy atom. The molecule has 3 N–H and O–H groups in total. The number of fused-ring (bicyclic) bond motifs is 1. The van der Waals surface area contributed by atoms with E-state index in [9.17, 15) is 14.3 Å². The minimum Gasteiger partial charge on any atom is -0.508 e. The number of benzene rings is 2. The molecule has 21 heavy (non-hydrogen) atoms. The van der Waals surface area contributed by atoms with Crippen LogP contribution >= 0.6 is 11.6 Å². The maximum Gasteiger partial charge on any atom is 0.247 e. The molecule has 1 unspecified atom stereocenters. The van der Waals surface area contributed by atoms with Gasteiger partial charge in [-0.2, -0.15) is 0 Å². The van der Waals surface area contributed by atoms with E-state index in [4.69, 9.17) is 11.6 Å². The van der Waals surface area contributed by atoms with Gasteiger partial charge in [-0.1, -0.05) is 23.7 Å². The minimum atomic E-state index is -0.539. The molecule has 1 aliphatic heterocycles. The summed E-state index contributed by atoms with van der Waals surface area (Å²) in [6, 6.07) is 8.73. The average molecular weight is 307 g/mol. The Balaban J connectivity index is 1.83. The molecule has 3 rings (SSSR count). The van der Waals surface area contributed by atoms with Crippen molar-refractivity contribution in [1.29, 1.82) is 0 Å². The normalized spacial score (nSPS) is 16.9. The largest absolute Gasteiger partial charge is 0.508 e. The molecule has 1 aliphatic rings. The molecule has 0 saturated heterocycles. The van der Waals surface area contributed by atoms with Gasteiger partial charge in [0, 0.05) is 12.5 Å². The summed E-state index contributed by atoms with van der Waals surface area (Å²) in [6.45, 7) is 0. The van der Waals surface area contributed by atoms with Crippen LogP contribution in [0.4, 0.5) is 15.8 Å². The molecule has 0 bridgehead atoms. The van der Waals surface area contributed by atoms with Gasteiger partial charge in [0.05, 0.1) is 16.4 Å². The first-order valence-corrected chi connectivity index (χ1v) is 6.75. The number of carbonyl (C=O) groups excluding carboxylic acids is 1. The molecule has 1 heterocycles. The number of amides is 1. The quantitative estimate of drug-likeness (QED) is 0.798. The molecule has 0 fully saturated rings. The Kier molecular flexibility index (Phi) is 3.43. The van der Waals surface area contributed by atoms with Crippen LogP contribution in [0.3, 0.4) is 0 Å². The van der Waals surface area contributed by atoms with E-state index in [0.29, 0.717) is 17.8 Å². The van der Waals surface area contributed by atoms with Gasteiger partial charge in [-0.3, -0.25) is 4.79 Å². The van der Waals surface area contributed by atoms with Crippen LogP contribution in [0, 0.1) is 5.82 Å². The van der Waals surface area contributed by atoms with Gasteiger partial charge >= 0.3 is 0 Å². The highest BCUT2D eigenvalue weighted by molar-refractivity contribution is 6.31. The van der Waals surface area contributed by atoms with Crippen LogP contribution in [0.2, 0.25) is 5.02 Å². The number of anilines is 2. The lowest BCUT2D eigenvalue weighted by Gasteiger charge is -2.27. The zero-order valence-electron chi connectivity index (χ0n) is 10.9. The number of hydrogen-bond acceptors (Lipinski definition) is 3. The molecule has 2 aromatic rings. The van der Waals surface area contributed by atoms with E-state index in [1.54, 1.807) is 24.3 Å². The molecule has 1 amide bonds. The molecule has 0 saturated carbocycles. The lowest BCUT2D eigenvalue weighted by molar-refractivity contribution is -0.117. The Hall–Kier alpha value is -2.27. The Labute approximate surface area is 125 Å². The molecule has 6 heteroatoms. The molecule has 0 aliphatic carbocycles. The standard InChI is InChI=1S/C15H12ClFN2O2/c16-10-6-12-13(7-11(10)17)18-14(15(21)19-12)5-8-1-3-9(20)4-2-8/h1-4,6-7,14,18,20H,5H2,(H,19,21). The predicted molar refractivity (Wildman–Crippen MR) is 79.3 cm³/mol. The van der Waals surface area contributed by atoms with Crippen LogP contribution in [0.5, 0.6) is 5.75 Å². The zero-order valence-corrected chi connectivity index (χ0v) is 11.6. The van der Waals surface area contributed by atoms with Crippen molar-refractivity contribution < 1.29 is 14.3 Å². The van der Waals surface area contributed by atoms with Crippen molar-refractivity contribution in [2.75, 3.05) is 10.6 Å². The summed E-state index contributed by atoms with van der Waals surface area (Å²) in [6.07, 6.45) is 0.426. The summed E-state index contributed by atoms with van der Waals surface area (Å²) >= 11 is 5.70. The summed E-state index contributed by atoms with van der Waals surface area (Å²) in [4.78, 5) is 12.1. The molecule has 4 nitrogen and oxygen atoms in total. The summed E-state index contributed by atoms with van der Waals surface area (Å²) < 4.78 is 13.5. The Morgan fingerprint density at radius 3 is 2.62 bits per heavy atom. The fraction of sp³-hybridized carbons (Fsp3) is 0.133. The number of rotatable bonds is 2. The van der Waals surface area contributed by atoms with Crippen molar-refractivity contribution in [2.24, 2.45) is 0 Å². The van der Waals surface area contributed by atoms with E-state index in [1.807, 2.05) is 0 Å².